The molecule has 1 saturated heterocycles. The van der Waals surface area contributed by atoms with Gasteiger partial charge in [-0.2, -0.15) is 0 Å². The fourth-order valence-corrected chi connectivity index (χ4v) is 3.72. The van der Waals surface area contributed by atoms with Crippen LogP contribution >= 0.6 is 23.2 Å². The largest absolute Gasteiger partial charge is 0.492 e. The van der Waals surface area contributed by atoms with E-state index in [-0.39, 0.29) is 18.0 Å². The van der Waals surface area contributed by atoms with Crippen LogP contribution in [0.4, 0.5) is 10.5 Å². The van der Waals surface area contributed by atoms with Crippen molar-refractivity contribution in [1.82, 2.24) is 10.2 Å². The molecule has 0 bridgehead atoms. The molecule has 0 radical (unpaired) electrons. The van der Waals surface area contributed by atoms with E-state index >= 15 is 0 Å². The fourth-order valence-electron chi connectivity index (χ4n) is 3.26. The number of likely N-dealkylation sites (tertiary alicyclic amines) is 1. The zero-order chi connectivity index (χ0) is 21.3. The van der Waals surface area contributed by atoms with Crippen molar-refractivity contribution in [3.63, 3.8) is 0 Å². The first-order valence-electron chi connectivity index (χ1n) is 9.99. The van der Waals surface area contributed by atoms with Crippen LogP contribution in [0.1, 0.15) is 25.7 Å². The highest BCUT2D eigenvalue weighted by molar-refractivity contribution is 6.35. The zero-order valence-electron chi connectivity index (χ0n) is 16.6. The molecule has 0 aliphatic carbocycles. The number of rotatable bonds is 7. The first kappa shape index (κ1) is 22.2. The number of nitrogens with zero attached hydrogens (tertiary/aromatic N) is 1. The smallest absolute Gasteiger partial charge is 0.321 e. The summed E-state index contributed by atoms with van der Waals surface area (Å²) < 4.78 is 5.60. The van der Waals surface area contributed by atoms with E-state index < -0.39 is 0 Å². The topological polar surface area (TPSA) is 70.7 Å². The van der Waals surface area contributed by atoms with Gasteiger partial charge in [-0.15, -0.1) is 0 Å². The monoisotopic (exact) mass is 449 g/mol. The van der Waals surface area contributed by atoms with Crippen LogP contribution in [0, 0.1) is 0 Å². The highest BCUT2D eigenvalue weighted by Gasteiger charge is 2.23. The third kappa shape index (κ3) is 6.82. The number of urea groups is 1. The quantitative estimate of drug-likeness (QED) is 0.586. The summed E-state index contributed by atoms with van der Waals surface area (Å²) in [6.07, 6.45) is 2.44. The van der Waals surface area contributed by atoms with Gasteiger partial charge in [0.2, 0.25) is 5.91 Å². The maximum Gasteiger partial charge on any atom is 0.321 e. The van der Waals surface area contributed by atoms with Gasteiger partial charge in [0.1, 0.15) is 5.75 Å². The Kier molecular flexibility index (Phi) is 8.22. The number of amides is 3. The molecule has 0 spiro atoms. The zero-order valence-corrected chi connectivity index (χ0v) is 18.1. The van der Waals surface area contributed by atoms with E-state index in [4.69, 9.17) is 27.9 Å². The van der Waals surface area contributed by atoms with Crippen LogP contribution in [-0.2, 0) is 4.79 Å². The summed E-state index contributed by atoms with van der Waals surface area (Å²) >= 11 is 11.9. The Hall–Kier alpha value is -2.44. The molecular weight excluding hydrogens is 425 g/mol. The minimum atomic E-state index is -0.107. The van der Waals surface area contributed by atoms with E-state index in [1.54, 1.807) is 23.1 Å². The third-order valence-electron chi connectivity index (χ3n) is 4.87. The van der Waals surface area contributed by atoms with Crippen molar-refractivity contribution < 1.29 is 14.3 Å². The van der Waals surface area contributed by atoms with Crippen LogP contribution in [0.15, 0.2) is 48.5 Å². The minimum absolute atomic E-state index is 0.00649. The van der Waals surface area contributed by atoms with E-state index in [1.165, 1.54) is 0 Å². The summed E-state index contributed by atoms with van der Waals surface area (Å²) in [5, 5.41) is 6.95. The molecule has 1 heterocycles. The molecule has 3 rings (SSSR count). The first-order chi connectivity index (χ1) is 14.5. The summed E-state index contributed by atoms with van der Waals surface area (Å²) in [5.74, 6) is 0.551. The Balaban J connectivity index is 1.31. The Morgan fingerprint density at radius 3 is 2.50 bits per heavy atom. The van der Waals surface area contributed by atoms with Crippen LogP contribution in [-0.4, -0.2) is 42.6 Å². The maximum absolute atomic E-state index is 12.3. The lowest BCUT2D eigenvalue weighted by atomic mass is 10.1. The standard InChI is InChI=1S/C22H25Cl2N3O3/c23-16-8-9-20(19(24)15-16)30-14-4-7-21(28)25-18-10-12-27(13-11-18)22(29)26-17-5-2-1-3-6-17/h1-3,5-6,8-9,15,18H,4,7,10-14H2,(H,25,28)(H,26,29). The lowest BCUT2D eigenvalue weighted by molar-refractivity contribution is -0.122. The van der Waals surface area contributed by atoms with Crippen LogP contribution in [0.25, 0.3) is 0 Å². The Morgan fingerprint density at radius 1 is 1.07 bits per heavy atom. The van der Waals surface area contributed by atoms with Gasteiger partial charge in [0.15, 0.2) is 0 Å². The maximum atomic E-state index is 12.3. The number of ether oxygens (including phenoxy) is 1. The molecule has 2 N–H and O–H groups in total. The predicted octanol–water partition coefficient (Wildman–Crippen LogP) is 4.97. The third-order valence-corrected chi connectivity index (χ3v) is 5.40. The van der Waals surface area contributed by atoms with Crippen molar-refractivity contribution in [2.75, 3.05) is 25.0 Å². The van der Waals surface area contributed by atoms with Crippen molar-refractivity contribution in [2.24, 2.45) is 0 Å². The summed E-state index contributed by atoms with van der Waals surface area (Å²) in [6.45, 7) is 1.62. The number of hydrogen-bond donors (Lipinski definition) is 2. The number of anilines is 1. The van der Waals surface area contributed by atoms with Gasteiger partial charge in [0, 0.05) is 36.3 Å². The Bertz CT molecular complexity index is 856. The summed E-state index contributed by atoms with van der Waals surface area (Å²) in [5.41, 5.74) is 0.778. The SMILES string of the molecule is O=C(CCCOc1ccc(Cl)cc1Cl)NC1CCN(C(=O)Nc2ccccc2)CC1. The normalized spacial score (nSPS) is 14.3. The molecule has 0 atom stereocenters. The Labute approximate surface area is 186 Å². The number of piperidine rings is 1. The van der Waals surface area contributed by atoms with Crippen molar-refractivity contribution in [2.45, 2.75) is 31.7 Å². The molecule has 160 valence electrons. The van der Waals surface area contributed by atoms with Crippen LogP contribution < -0.4 is 15.4 Å². The predicted molar refractivity (Wildman–Crippen MR) is 119 cm³/mol. The molecule has 0 aromatic heterocycles. The molecule has 8 heteroatoms. The van der Waals surface area contributed by atoms with Crippen LogP contribution in [0.2, 0.25) is 10.0 Å². The number of nitrogens with one attached hydrogen (secondary N) is 2. The van der Waals surface area contributed by atoms with Gasteiger partial charge in [-0.25, -0.2) is 4.79 Å². The molecule has 2 aromatic carbocycles. The second-order valence-corrected chi connectivity index (χ2v) is 8.00. The van der Waals surface area contributed by atoms with Crippen LogP contribution in [0.5, 0.6) is 5.75 Å². The number of halogens is 2. The second kappa shape index (κ2) is 11.1. The van der Waals surface area contributed by atoms with Gasteiger partial charge < -0.3 is 20.3 Å². The van der Waals surface area contributed by atoms with Gasteiger partial charge in [-0.05, 0) is 49.6 Å². The number of para-hydroxylation sites is 1. The summed E-state index contributed by atoms with van der Waals surface area (Å²) in [7, 11) is 0. The van der Waals surface area contributed by atoms with Crippen molar-refractivity contribution in [3.05, 3.63) is 58.6 Å². The lowest BCUT2D eigenvalue weighted by Gasteiger charge is -2.32. The van der Waals surface area contributed by atoms with Gasteiger partial charge in [-0.1, -0.05) is 41.4 Å². The summed E-state index contributed by atoms with van der Waals surface area (Å²) in [4.78, 5) is 26.3. The van der Waals surface area contributed by atoms with E-state index in [9.17, 15) is 9.59 Å². The van der Waals surface area contributed by atoms with Gasteiger partial charge in [-0.3, -0.25) is 4.79 Å². The highest BCUT2D eigenvalue weighted by atomic mass is 35.5. The van der Waals surface area contributed by atoms with Crippen molar-refractivity contribution in [3.8, 4) is 5.75 Å². The molecule has 6 nitrogen and oxygen atoms in total. The van der Waals surface area contributed by atoms with E-state index in [1.807, 2.05) is 30.3 Å². The number of carbonyl (C=O) groups excluding carboxylic acids is 2. The molecule has 1 aliphatic heterocycles. The van der Waals surface area contributed by atoms with Crippen LogP contribution in [0.3, 0.4) is 0 Å². The molecule has 3 amide bonds. The average molecular weight is 450 g/mol. The average Bonchev–Trinajstić information content (AvgIpc) is 2.73. The lowest BCUT2D eigenvalue weighted by Crippen LogP contribution is -2.47. The summed E-state index contributed by atoms with van der Waals surface area (Å²) in [6, 6.07) is 14.4. The number of carbonyl (C=O) groups is 2. The second-order valence-electron chi connectivity index (χ2n) is 7.15. The molecule has 2 aromatic rings. The first-order valence-corrected chi connectivity index (χ1v) is 10.7. The van der Waals surface area contributed by atoms with Gasteiger partial charge >= 0.3 is 6.03 Å². The van der Waals surface area contributed by atoms with Crippen molar-refractivity contribution >= 4 is 40.8 Å². The minimum Gasteiger partial charge on any atom is -0.492 e. The van der Waals surface area contributed by atoms with E-state index in [0.717, 1.165) is 18.5 Å². The number of hydrogen-bond acceptors (Lipinski definition) is 3. The highest BCUT2D eigenvalue weighted by Crippen LogP contribution is 2.27. The number of benzene rings is 2. The van der Waals surface area contributed by atoms with Gasteiger partial charge in [0.05, 0.1) is 11.6 Å². The van der Waals surface area contributed by atoms with E-state index in [0.29, 0.717) is 48.3 Å². The van der Waals surface area contributed by atoms with Gasteiger partial charge in [0.25, 0.3) is 0 Å². The van der Waals surface area contributed by atoms with Crippen molar-refractivity contribution in [1.29, 1.82) is 0 Å². The molecule has 0 unspecified atom stereocenters. The molecule has 30 heavy (non-hydrogen) atoms. The Morgan fingerprint density at radius 2 is 1.80 bits per heavy atom. The fraction of sp³-hybridized carbons (Fsp3) is 0.364. The van der Waals surface area contributed by atoms with E-state index in [2.05, 4.69) is 10.6 Å². The molecule has 0 saturated carbocycles. The molecule has 1 fully saturated rings. The molecular formula is C22H25Cl2N3O3. The molecule has 1 aliphatic rings.